The van der Waals surface area contributed by atoms with E-state index >= 15 is 0 Å². The number of aryl methyl sites for hydroxylation is 1. The number of aliphatic imine (C=N–C) groups is 1. The van der Waals surface area contributed by atoms with Crippen molar-refractivity contribution in [3.8, 4) is 11.5 Å². The lowest BCUT2D eigenvalue weighted by Crippen LogP contribution is -2.32. The molecule has 0 bridgehead atoms. The molecule has 0 radical (unpaired) electrons. The van der Waals surface area contributed by atoms with E-state index in [1.807, 2.05) is 36.6 Å². The molecule has 2 aromatic carbocycles. The average Bonchev–Trinajstić information content (AvgIpc) is 2.58. The largest absolute Gasteiger partial charge is 0.506 e. The molecular weight excluding hydrogens is 442 g/mol. The molecule has 2 rings (SSSR count). The van der Waals surface area contributed by atoms with Gasteiger partial charge < -0.3 is 10.2 Å². The third kappa shape index (κ3) is 3.95. The molecule has 0 aliphatic heterocycles. The van der Waals surface area contributed by atoms with Crippen molar-refractivity contribution in [2.75, 3.05) is 6.54 Å². The molecule has 6 nitrogen and oxygen atoms in total. The van der Waals surface area contributed by atoms with Gasteiger partial charge in [0.05, 0.1) is 10.2 Å². The number of carbonyl (C=O) groups is 1. The van der Waals surface area contributed by atoms with E-state index in [2.05, 4.69) is 36.9 Å². The van der Waals surface area contributed by atoms with E-state index in [0.717, 1.165) is 5.56 Å². The first kappa shape index (κ1) is 18.4. The zero-order chi connectivity index (χ0) is 17.9. The van der Waals surface area contributed by atoms with Gasteiger partial charge in [-0.2, -0.15) is 0 Å². The number of halogens is 2. The van der Waals surface area contributed by atoms with Crippen molar-refractivity contribution in [3.63, 3.8) is 0 Å². The molecule has 5 N–H and O–H groups in total. The van der Waals surface area contributed by atoms with Crippen molar-refractivity contribution in [1.82, 2.24) is 5.43 Å². The highest BCUT2D eigenvalue weighted by molar-refractivity contribution is 9.11. The summed E-state index contributed by atoms with van der Waals surface area (Å²) in [5.41, 5.74) is 4.55. The first-order valence-corrected chi connectivity index (χ1v) is 8.45. The van der Waals surface area contributed by atoms with E-state index in [1.165, 1.54) is 6.07 Å². The number of phenolic OH excluding ortho intramolecular Hbond substituents is 2. The minimum absolute atomic E-state index is 0.126. The topological polar surface area (TPSA) is 108 Å². The van der Waals surface area contributed by atoms with Crippen LogP contribution in [0.5, 0.6) is 11.5 Å². The maximum atomic E-state index is 11.4. The molecule has 1 amide bonds. The highest BCUT2D eigenvalue weighted by Gasteiger charge is 2.19. The zero-order valence-electron chi connectivity index (χ0n) is 12.7. The van der Waals surface area contributed by atoms with Crippen molar-refractivity contribution >= 4 is 43.5 Å². The van der Waals surface area contributed by atoms with Crippen molar-refractivity contribution in [2.45, 2.75) is 6.92 Å². The zero-order valence-corrected chi connectivity index (χ0v) is 15.8. The van der Waals surface area contributed by atoms with Crippen molar-refractivity contribution in [3.05, 3.63) is 56.0 Å². The number of carbonyl (C=O) groups excluding carboxylic acids is 1. The number of hydrogen-bond acceptors (Lipinski definition) is 5. The maximum Gasteiger partial charge on any atom is 0.255 e. The quantitative estimate of drug-likeness (QED) is 0.245. The fourth-order valence-electron chi connectivity index (χ4n) is 2.02. The molecular formula is C16H15Br2N3O3. The molecule has 0 atom stereocenters. The second kappa shape index (κ2) is 7.78. The molecule has 0 saturated heterocycles. The molecule has 0 heterocycles. The molecule has 24 heavy (non-hydrogen) atoms. The summed E-state index contributed by atoms with van der Waals surface area (Å²) >= 11 is 6.37. The Morgan fingerprint density at radius 3 is 2.42 bits per heavy atom. The van der Waals surface area contributed by atoms with Gasteiger partial charge in [-0.05, 0) is 44.8 Å². The molecule has 0 aromatic heterocycles. The van der Waals surface area contributed by atoms with Crippen molar-refractivity contribution in [2.24, 2.45) is 10.8 Å². The van der Waals surface area contributed by atoms with Crippen LogP contribution >= 0.6 is 31.9 Å². The predicted molar refractivity (Wildman–Crippen MR) is 99.2 cm³/mol. The summed E-state index contributed by atoms with van der Waals surface area (Å²) in [5.74, 6) is 4.32. The van der Waals surface area contributed by atoms with Gasteiger partial charge in [-0.25, -0.2) is 5.84 Å². The van der Waals surface area contributed by atoms with E-state index in [1.54, 1.807) is 0 Å². The third-order valence-electron chi connectivity index (χ3n) is 3.29. The second-order valence-electron chi connectivity index (χ2n) is 5.02. The minimum atomic E-state index is -0.462. The van der Waals surface area contributed by atoms with E-state index < -0.39 is 5.91 Å². The molecule has 8 heteroatoms. The maximum absolute atomic E-state index is 11.4. The van der Waals surface area contributed by atoms with Crippen LogP contribution < -0.4 is 11.3 Å². The molecule has 2 aromatic rings. The number of aromatic hydroxyl groups is 2. The van der Waals surface area contributed by atoms with Crippen LogP contribution in [0.4, 0.5) is 0 Å². The van der Waals surface area contributed by atoms with Crippen molar-refractivity contribution < 1.29 is 15.0 Å². The summed E-state index contributed by atoms with van der Waals surface area (Å²) in [6, 6.07) is 9.00. The minimum Gasteiger partial charge on any atom is -0.506 e. The Kier molecular flexibility index (Phi) is 5.98. The number of rotatable bonds is 4. The Bertz CT molecular complexity index is 805. The highest BCUT2D eigenvalue weighted by Crippen LogP contribution is 2.42. The van der Waals surface area contributed by atoms with Gasteiger partial charge in [0.1, 0.15) is 22.5 Å². The Balaban J connectivity index is 2.63. The number of hydrogen-bond donors (Lipinski definition) is 4. The van der Waals surface area contributed by atoms with Crippen LogP contribution in [0.15, 0.2) is 44.3 Å². The number of amides is 1. The lowest BCUT2D eigenvalue weighted by atomic mass is 10.00. The fourth-order valence-corrected chi connectivity index (χ4v) is 3.14. The molecule has 0 saturated carbocycles. The smallest absolute Gasteiger partial charge is 0.255 e. The Hall–Kier alpha value is -1.90. The normalized spacial score (nSPS) is 11.4. The van der Waals surface area contributed by atoms with Gasteiger partial charge in [0, 0.05) is 11.1 Å². The fraction of sp³-hybridized carbons (Fsp3) is 0.125. The first-order valence-electron chi connectivity index (χ1n) is 6.86. The van der Waals surface area contributed by atoms with E-state index in [-0.39, 0.29) is 22.5 Å². The number of benzene rings is 2. The van der Waals surface area contributed by atoms with Crippen LogP contribution in [-0.4, -0.2) is 28.4 Å². The molecule has 0 aliphatic carbocycles. The molecule has 126 valence electrons. The van der Waals surface area contributed by atoms with E-state index in [0.29, 0.717) is 21.3 Å². The first-order chi connectivity index (χ1) is 11.3. The van der Waals surface area contributed by atoms with Gasteiger partial charge in [0.15, 0.2) is 0 Å². The third-order valence-corrected chi connectivity index (χ3v) is 4.65. The Morgan fingerprint density at radius 1 is 1.21 bits per heavy atom. The molecule has 0 fully saturated rings. The summed E-state index contributed by atoms with van der Waals surface area (Å²) in [7, 11) is 0. The number of hydrazine groups is 1. The lowest BCUT2D eigenvalue weighted by Gasteiger charge is -2.13. The Morgan fingerprint density at radius 2 is 1.83 bits per heavy atom. The predicted octanol–water partition coefficient (Wildman–Crippen LogP) is 2.76. The van der Waals surface area contributed by atoms with Crippen molar-refractivity contribution in [1.29, 1.82) is 0 Å². The summed E-state index contributed by atoms with van der Waals surface area (Å²) in [4.78, 5) is 15.7. The number of phenols is 2. The van der Waals surface area contributed by atoms with Crippen LogP contribution in [0, 0.1) is 6.92 Å². The second-order valence-corrected chi connectivity index (χ2v) is 6.66. The SMILES string of the molecule is Cc1ccc(C(=NCC(=O)NN)c2cc(Br)c(O)c(Br)c2O)cc1. The summed E-state index contributed by atoms with van der Waals surface area (Å²) in [5, 5.41) is 20.3. The number of nitrogens with one attached hydrogen (secondary N) is 1. The van der Waals surface area contributed by atoms with Gasteiger partial charge >= 0.3 is 0 Å². The standard InChI is InChI=1S/C16H15Br2N3O3/c1-8-2-4-9(5-3-8)14(20-7-12(22)21-19)10-6-11(17)16(24)13(18)15(10)23/h2-6,23-24H,7,19H2,1H3,(H,21,22). The van der Waals surface area contributed by atoms with Gasteiger partial charge in [0.2, 0.25) is 0 Å². The van der Waals surface area contributed by atoms with E-state index in [4.69, 9.17) is 5.84 Å². The number of nitrogens with two attached hydrogens (primary N) is 1. The monoisotopic (exact) mass is 455 g/mol. The van der Waals surface area contributed by atoms with Gasteiger partial charge in [-0.1, -0.05) is 29.8 Å². The van der Waals surface area contributed by atoms with Crippen LogP contribution in [0.1, 0.15) is 16.7 Å². The molecule has 0 aliphatic rings. The number of nitrogens with zero attached hydrogens (tertiary/aromatic N) is 1. The Labute approximate surface area is 155 Å². The molecule has 0 unspecified atom stereocenters. The average molecular weight is 457 g/mol. The van der Waals surface area contributed by atoms with E-state index in [9.17, 15) is 15.0 Å². The van der Waals surface area contributed by atoms with Crippen LogP contribution in [0.3, 0.4) is 0 Å². The van der Waals surface area contributed by atoms with Gasteiger partial charge in [0.25, 0.3) is 5.91 Å². The highest BCUT2D eigenvalue weighted by atomic mass is 79.9. The van der Waals surface area contributed by atoms with Gasteiger partial charge in [-0.3, -0.25) is 15.2 Å². The summed E-state index contributed by atoms with van der Waals surface area (Å²) in [6.07, 6.45) is 0. The summed E-state index contributed by atoms with van der Waals surface area (Å²) < 4.78 is 0.514. The van der Waals surface area contributed by atoms with Crippen LogP contribution in [-0.2, 0) is 4.79 Å². The molecule has 0 spiro atoms. The van der Waals surface area contributed by atoms with Crippen LogP contribution in [0.2, 0.25) is 0 Å². The summed E-state index contributed by atoms with van der Waals surface area (Å²) in [6.45, 7) is 1.75. The van der Waals surface area contributed by atoms with Gasteiger partial charge in [-0.15, -0.1) is 0 Å². The lowest BCUT2D eigenvalue weighted by molar-refractivity contribution is -0.119. The van der Waals surface area contributed by atoms with Crippen LogP contribution in [0.25, 0.3) is 0 Å².